The summed E-state index contributed by atoms with van der Waals surface area (Å²) >= 11 is 0. The van der Waals surface area contributed by atoms with E-state index >= 15 is 0 Å². The first-order valence-corrected chi connectivity index (χ1v) is 7.91. The molecule has 0 bridgehead atoms. The number of aromatic nitrogens is 5. The zero-order valence-electron chi connectivity index (χ0n) is 14.5. The maximum Gasteiger partial charge on any atom is 0.177 e. The van der Waals surface area contributed by atoms with Gasteiger partial charge in [0.2, 0.25) is 0 Å². The van der Waals surface area contributed by atoms with Gasteiger partial charge in [0, 0.05) is 5.39 Å². The molecule has 4 aromatic rings. The lowest BCUT2D eigenvalue weighted by atomic mass is 10.1. The highest BCUT2D eigenvalue weighted by Crippen LogP contribution is 2.32. The van der Waals surface area contributed by atoms with E-state index in [9.17, 15) is 31.6 Å². The number of fused-ring (bicyclic) bond motifs is 6. The van der Waals surface area contributed by atoms with Gasteiger partial charge in [-0.05, 0) is 6.07 Å². The van der Waals surface area contributed by atoms with Crippen LogP contribution >= 0.6 is 0 Å². The molecule has 11 heteroatoms. The molecule has 132 valence electrons. The number of rotatable bonds is 0. The third kappa shape index (κ3) is 2.29. The van der Waals surface area contributed by atoms with Crippen molar-refractivity contribution in [3.8, 4) is 36.4 Å². The Hall–Kier alpha value is -5.75. The summed E-state index contributed by atoms with van der Waals surface area (Å²) in [5.74, 6) is 0. The van der Waals surface area contributed by atoms with Crippen molar-refractivity contribution in [3.63, 3.8) is 0 Å². The molecule has 3 aromatic heterocycles. The molecule has 0 aliphatic rings. The average Bonchev–Trinajstić information content (AvgIpc) is 2.81. The van der Waals surface area contributed by atoms with E-state index in [4.69, 9.17) is 0 Å². The van der Waals surface area contributed by atoms with Gasteiger partial charge in [-0.25, -0.2) is 24.9 Å². The summed E-state index contributed by atoms with van der Waals surface area (Å²) in [5.41, 5.74) is -1.02. The van der Waals surface area contributed by atoms with E-state index in [0.717, 1.165) is 0 Å². The Kier molecular flexibility index (Phi) is 3.79. The van der Waals surface area contributed by atoms with Crippen molar-refractivity contribution in [1.82, 2.24) is 24.9 Å². The fourth-order valence-corrected chi connectivity index (χ4v) is 2.91. The summed E-state index contributed by atoms with van der Waals surface area (Å²) in [7, 11) is 0. The highest BCUT2D eigenvalue weighted by Gasteiger charge is 2.21. The van der Waals surface area contributed by atoms with Crippen LogP contribution in [-0.2, 0) is 0 Å². The largest absolute Gasteiger partial charge is 0.233 e. The van der Waals surface area contributed by atoms with Crippen LogP contribution in [0.5, 0.6) is 0 Å². The van der Waals surface area contributed by atoms with Gasteiger partial charge in [0.05, 0.1) is 5.56 Å². The van der Waals surface area contributed by atoms with Crippen molar-refractivity contribution >= 4 is 33.0 Å². The lowest BCUT2D eigenvalue weighted by Crippen LogP contribution is -2.03. The topological polar surface area (TPSA) is 207 Å². The minimum absolute atomic E-state index is 0.0163. The van der Waals surface area contributed by atoms with Gasteiger partial charge >= 0.3 is 0 Å². The van der Waals surface area contributed by atoms with E-state index in [1.807, 2.05) is 12.1 Å². The Morgan fingerprint density at radius 3 is 1.13 bits per heavy atom. The van der Waals surface area contributed by atoms with Gasteiger partial charge in [0.15, 0.2) is 28.5 Å². The lowest BCUT2D eigenvalue weighted by Gasteiger charge is -2.09. The molecule has 0 aliphatic carbocycles. The molecular formula is C19HN11. The number of nitrogens with zero attached hydrogens (tertiary/aromatic N) is 11. The SMILES string of the molecule is N#Cc1cc2c(nc1C#N)c1nc(C#N)c(C#N)nc1c1nc(C#N)c(C#N)nc21. The Balaban J connectivity index is 2.42. The minimum atomic E-state index is -0.274. The Bertz CT molecular complexity index is 1350. The van der Waals surface area contributed by atoms with Crippen molar-refractivity contribution in [2.45, 2.75) is 0 Å². The van der Waals surface area contributed by atoms with Crippen LogP contribution in [0.2, 0.25) is 0 Å². The summed E-state index contributed by atoms with van der Waals surface area (Å²) in [6.45, 7) is 0. The van der Waals surface area contributed by atoms with E-state index in [1.54, 1.807) is 24.3 Å². The van der Waals surface area contributed by atoms with Gasteiger partial charge < -0.3 is 0 Å². The molecule has 0 unspecified atom stereocenters. The quantitative estimate of drug-likeness (QED) is 0.396. The second kappa shape index (κ2) is 6.45. The number of pyridine rings is 1. The molecular weight excluding hydrogens is 382 g/mol. The molecule has 0 amide bonds. The first kappa shape index (κ1) is 17.7. The molecule has 0 aliphatic heterocycles. The smallest absolute Gasteiger partial charge is 0.177 e. The van der Waals surface area contributed by atoms with Gasteiger partial charge in [-0.2, -0.15) is 31.6 Å². The zero-order chi connectivity index (χ0) is 21.4. The molecule has 0 spiro atoms. The molecule has 0 fully saturated rings. The van der Waals surface area contributed by atoms with Crippen LogP contribution in [0.15, 0.2) is 6.07 Å². The molecule has 0 atom stereocenters. The van der Waals surface area contributed by atoms with Crippen LogP contribution in [0, 0.1) is 68.0 Å². The Morgan fingerprint density at radius 2 is 0.767 bits per heavy atom. The maximum atomic E-state index is 9.35. The first-order chi connectivity index (χ1) is 14.6. The van der Waals surface area contributed by atoms with E-state index in [0.29, 0.717) is 0 Å². The predicted octanol–water partition coefficient (Wildman–Crippen LogP) is 1.35. The molecule has 1 aromatic carbocycles. The van der Waals surface area contributed by atoms with Gasteiger partial charge in [-0.3, -0.25) is 0 Å². The average molecular weight is 383 g/mol. The normalized spacial score (nSPS) is 9.80. The van der Waals surface area contributed by atoms with Gasteiger partial charge in [-0.15, -0.1) is 0 Å². The highest BCUT2D eigenvalue weighted by atomic mass is 14.9. The van der Waals surface area contributed by atoms with Crippen LogP contribution < -0.4 is 0 Å². The molecule has 11 nitrogen and oxygen atoms in total. The van der Waals surface area contributed by atoms with Crippen molar-refractivity contribution < 1.29 is 0 Å². The van der Waals surface area contributed by atoms with Gasteiger partial charge in [-0.1, -0.05) is 0 Å². The molecule has 4 rings (SSSR count). The monoisotopic (exact) mass is 383 g/mol. The first-order valence-electron chi connectivity index (χ1n) is 7.91. The fourth-order valence-electron chi connectivity index (χ4n) is 2.91. The maximum absolute atomic E-state index is 9.35. The van der Waals surface area contributed by atoms with Gasteiger partial charge in [0.25, 0.3) is 0 Å². The van der Waals surface area contributed by atoms with Crippen LogP contribution in [0.1, 0.15) is 34.0 Å². The van der Waals surface area contributed by atoms with Crippen molar-refractivity contribution in [2.75, 3.05) is 0 Å². The molecule has 0 saturated carbocycles. The van der Waals surface area contributed by atoms with E-state index in [-0.39, 0.29) is 67.0 Å². The van der Waals surface area contributed by atoms with E-state index in [1.165, 1.54) is 6.07 Å². The summed E-state index contributed by atoms with van der Waals surface area (Å²) in [5, 5.41) is 56.1. The van der Waals surface area contributed by atoms with Crippen LogP contribution in [0.4, 0.5) is 0 Å². The number of hydrogen-bond donors (Lipinski definition) is 0. The molecule has 0 radical (unpaired) electrons. The Labute approximate surface area is 166 Å². The fraction of sp³-hybridized carbons (Fsp3) is 0. The third-order valence-corrected chi connectivity index (χ3v) is 4.17. The summed E-state index contributed by atoms with van der Waals surface area (Å²) < 4.78 is 0. The second-order valence-corrected chi connectivity index (χ2v) is 5.69. The van der Waals surface area contributed by atoms with Gasteiger partial charge in [0.1, 0.15) is 64.0 Å². The molecule has 3 heterocycles. The Morgan fingerprint density at radius 1 is 0.433 bits per heavy atom. The highest BCUT2D eigenvalue weighted by molar-refractivity contribution is 6.19. The van der Waals surface area contributed by atoms with E-state index in [2.05, 4.69) is 24.9 Å². The standard InChI is InChI=1S/C19HN11/c20-2-8-1-9-15(26-10(8)3-21)17-19(30-14(7-25)13(6-24)29-17)18-16(9)27-11(4-22)12(5-23)28-18/h1H. The number of benzene rings is 1. The number of hydrogen-bond acceptors (Lipinski definition) is 11. The lowest BCUT2D eigenvalue weighted by molar-refractivity contribution is 1.17. The summed E-state index contributed by atoms with van der Waals surface area (Å²) in [6.07, 6.45) is 0. The zero-order valence-corrected chi connectivity index (χ0v) is 14.5. The van der Waals surface area contributed by atoms with Crippen molar-refractivity contribution in [1.29, 1.82) is 31.6 Å². The predicted molar refractivity (Wildman–Crippen MR) is 96.2 cm³/mol. The summed E-state index contributed by atoms with van der Waals surface area (Å²) in [6, 6.07) is 12.1. The van der Waals surface area contributed by atoms with Crippen LogP contribution in [0.3, 0.4) is 0 Å². The molecule has 0 N–H and O–H groups in total. The molecule has 30 heavy (non-hydrogen) atoms. The third-order valence-electron chi connectivity index (χ3n) is 4.17. The summed E-state index contributed by atoms with van der Waals surface area (Å²) in [4.78, 5) is 20.8. The van der Waals surface area contributed by atoms with Crippen LogP contribution in [-0.4, -0.2) is 24.9 Å². The minimum Gasteiger partial charge on any atom is -0.233 e. The molecule has 0 saturated heterocycles. The van der Waals surface area contributed by atoms with E-state index < -0.39 is 0 Å². The van der Waals surface area contributed by atoms with Crippen LogP contribution in [0.25, 0.3) is 33.0 Å². The van der Waals surface area contributed by atoms with Crippen molar-refractivity contribution in [3.05, 3.63) is 40.1 Å². The van der Waals surface area contributed by atoms with Crippen molar-refractivity contribution in [2.24, 2.45) is 0 Å². The second-order valence-electron chi connectivity index (χ2n) is 5.69. The number of nitriles is 6.